The van der Waals surface area contributed by atoms with E-state index in [1.165, 1.54) is 31.3 Å². The Morgan fingerprint density at radius 2 is 1.93 bits per heavy atom. The molecule has 2 aromatic rings. The molecule has 0 atom stereocenters. The number of rotatable bonds is 5. The van der Waals surface area contributed by atoms with Crippen molar-refractivity contribution in [3.8, 4) is 11.5 Å². The van der Waals surface area contributed by atoms with E-state index in [0.717, 1.165) is 6.07 Å². The van der Waals surface area contributed by atoms with E-state index in [4.69, 9.17) is 0 Å². The highest BCUT2D eigenvalue weighted by Gasteiger charge is 2.16. The lowest BCUT2D eigenvalue weighted by Gasteiger charge is -2.12. The molecule has 0 spiro atoms. The van der Waals surface area contributed by atoms with Crippen LogP contribution in [-0.4, -0.2) is 34.8 Å². The van der Waals surface area contributed by atoms with Gasteiger partial charge < -0.3 is 15.5 Å². The maximum absolute atomic E-state index is 13.1. The number of carbonyl (C=O) groups is 2. The topological polar surface area (TPSA) is 111 Å². The van der Waals surface area contributed by atoms with Crippen molar-refractivity contribution < 1.29 is 24.2 Å². The van der Waals surface area contributed by atoms with E-state index in [0.29, 0.717) is 15.6 Å². The molecule has 9 heteroatoms. The van der Waals surface area contributed by atoms with Gasteiger partial charge in [-0.3, -0.25) is 9.59 Å². The van der Waals surface area contributed by atoms with Gasteiger partial charge in [0.25, 0.3) is 11.8 Å². The van der Waals surface area contributed by atoms with Crippen LogP contribution in [0.4, 0.5) is 4.39 Å². The Balaban J connectivity index is 1.97. The van der Waals surface area contributed by atoms with Crippen molar-refractivity contribution in [2.45, 2.75) is 13.8 Å². The lowest BCUT2D eigenvalue weighted by molar-refractivity contribution is -0.120. The molecule has 2 aromatic carbocycles. The highest BCUT2D eigenvalue weighted by molar-refractivity contribution is 9.10. The Morgan fingerprint density at radius 3 is 2.59 bits per heavy atom. The number of hydrogen-bond acceptors (Lipinski definition) is 5. The fraction of sp³-hybridized carbons (Fsp3) is 0.167. The zero-order chi connectivity index (χ0) is 20.1. The number of carbonyl (C=O) groups excluding carboxylic acids is 2. The van der Waals surface area contributed by atoms with Gasteiger partial charge in [-0.15, -0.1) is 0 Å². The Hall–Kier alpha value is -2.94. The summed E-state index contributed by atoms with van der Waals surface area (Å²) in [5, 5.41) is 26.0. The van der Waals surface area contributed by atoms with E-state index in [1.54, 1.807) is 6.92 Å². The average Bonchev–Trinajstić information content (AvgIpc) is 2.65. The number of nitrogens with zero attached hydrogens (tertiary/aromatic N) is 1. The zero-order valence-corrected chi connectivity index (χ0v) is 16.1. The molecule has 0 saturated heterocycles. The van der Waals surface area contributed by atoms with Crippen LogP contribution in [0.5, 0.6) is 11.5 Å². The van der Waals surface area contributed by atoms with Gasteiger partial charge >= 0.3 is 0 Å². The largest absolute Gasteiger partial charge is 0.507 e. The van der Waals surface area contributed by atoms with Gasteiger partial charge in [-0.2, -0.15) is 5.10 Å². The van der Waals surface area contributed by atoms with E-state index < -0.39 is 17.6 Å². The molecule has 0 aliphatic carbocycles. The first-order valence-corrected chi connectivity index (χ1v) is 8.58. The number of phenolic OH excluding ortho intramolecular Hbond substituents is 2. The molecule has 0 aliphatic heterocycles. The summed E-state index contributed by atoms with van der Waals surface area (Å²) in [6.45, 7) is 2.83. The molecule has 0 unspecified atom stereocenters. The molecule has 7 nitrogen and oxygen atoms in total. The normalized spacial score (nSPS) is 10.8. The molecule has 0 aromatic heterocycles. The SMILES string of the molecule is Cc1c(O)c(Br)c(C)c(/C=N/NC(=O)CNC(=O)c2cccc(F)c2)c1O. The van der Waals surface area contributed by atoms with Crippen LogP contribution >= 0.6 is 15.9 Å². The number of halogens is 2. The Kier molecular flexibility index (Phi) is 6.51. The van der Waals surface area contributed by atoms with Crippen LogP contribution in [0, 0.1) is 19.7 Å². The number of aromatic hydroxyl groups is 2. The second-order valence-corrected chi connectivity index (χ2v) is 6.45. The summed E-state index contributed by atoms with van der Waals surface area (Å²) in [6, 6.07) is 5.08. The van der Waals surface area contributed by atoms with E-state index in [9.17, 15) is 24.2 Å². The smallest absolute Gasteiger partial charge is 0.259 e. The summed E-state index contributed by atoms with van der Waals surface area (Å²) < 4.78 is 13.5. The fourth-order valence-corrected chi connectivity index (χ4v) is 2.72. The molecule has 2 amide bonds. The van der Waals surface area contributed by atoms with Gasteiger partial charge in [0, 0.05) is 16.7 Å². The van der Waals surface area contributed by atoms with Crippen molar-refractivity contribution in [3.05, 3.63) is 56.8 Å². The van der Waals surface area contributed by atoms with E-state index >= 15 is 0 Å². The van der Waals surface area contributed by atoms with E-state index in [2.05, 4.69) is 31.8 Å². The van der Waals surface area contributed by atoms with Gasteiger partial charge in [0.1, 0.15) is 17.3 Å². The van der Waals surface area contributed by atoms with Gasteiger partial charge in [-0.1, -0.05) is 6.07 Å². The van der Waals surface area contributed by atoms with Crippen LogP contribution < -0.4 is 10.7 Å². The van der Waals surface area contributed by atoms with E-state index in [-0.39, 0.29) is 29.2 Å². The highest BCUT2D eigenvalue weighted by atomic mass is 79.9. The van der Waals surface area contributed by atoms with Crippen LogP contribution in [0.2, 0.25) is 0 Å². The molecule has 142 valence electrons. The molecule has 2 rings (SSSR count). The lowest BCUT2D eigenvalue weighted by Crippen LogP contribution is -2.34. The van der Waals surface area contributed by atoms with Crippen molar-refractivity contribution >= 4 is 34.0 Å². The third-order valence-corrected chi connectivity index (χ3v) is 4.76. The molecule has 0 saturated carbocycles. The van der Waals surface area contributed by atoms with Gasteiger partial charge in [0.05, 0.1) is 17.2 Å². The minimum absolute atomic E-state index is 0.0775. The average molecular weight is 438 g/mol. The van der Waals surface area contributed by atoms with Gasteiger partial charge in [-0.25, -0.2) is 9.82 Å². The maximum atomic E-state index is 13.1. The number of hydrazone groups is 1. The van der Waals surface area contributed by atoms with Crippen LogP contribution in [0.15, 0.2) is 33.8 Å². The summed E-state index contributed by atoms with van der Waals surface area (Å²) in [7, 11) is 0. The minimum Gasteiger partial charge on any atom is -0.507 e. The molecule has 0 aliphatic rings. The predicted octanol–water partition coefficient (Wildman–Crippen LogP) is 2.50. The summed E-state index contributed by atoms with van der Waals surface area (Å²) in [4.78, 5) is 23.6. The number of phenols is 2. The molecule has 0 radical (unpaired) electrons. The Labute approximate surface area is 163 Å². The van der Waals surface area contributed by atoms with Crippen molar-refractivity contribution in [2.75, 3.05) is 6.54 Å². The molecule has 0 heterocycles. The first-order chi connectivity index (χ1) is 12.7. The fourth-order valence-electron chi connectivity index (χ4n) is 2.21. The first-order valence-electron chi connectivity index (χ1n) is 7.78. The van der Waals surface area contributed by atoms with Crippen LogP contribution in [-0.2, 0) is 4.79 Å². The zero-order valence-electron chi connectivity index (χ0n) is 14.5. The molecular formula is C18H17BrFN3O4. The molecule has 27 heavy (non-hydrogen) atoms. The summed E-state index contributed by atoms with van der Waals surface area (Å²) >= 11 is 3.22. The van der Waals surface area contributed by atoms with Gasteiger partial charge in [-0.05, 0) is 53.5 Å². The van der Waals surface area contributed by atoms with Crippen molar-refractivity contribution in [2.24, 2.45) is 5.10 Å². The molecule has 4 N–H and O–H groups in total. The second-order valence-electron chi connectivity index (χ2n) is 5.66. The number of benzene rings is 2. The standard InChI is InChI=1S/C18H17BrFN3O4/c1-9-13(16(25)10(2)17(26)15(9)19)7-22-23-14(24)8-21-18(27)11-4-3-5-12(20)6-11/h3-7,25-26H,8H2,1-2H3,(H,21,27)(H,23,24)/b22-7+. The highest BCUT2D eigenvalue weighted by Crippen LogP contribution is 2.39. The Morgan fingerprint density at radius 1 is 1.22 bits per heavy atom. The molecule has 0 bridgehead atoms. The van der Waals surface area contributed by atoms with Crippen LogP contribution in [0.25, 0.3) is 0 Å². The van der Waals surface area contributed by atoms with Crippen molar-refractivity contribution in [3.63, 3.8) is 0 Å². The number of amides is 2. The number of nitrogens with one attached hydrogen (secondary N) is 2. The third kappa shape index (κ3) is 4.82. The van der Waals surface area contributed by atoms with Gasteiger partial charge in [0.15, 0.2) is 0 Å². The van der Waals surface area contributed by atoms with Crippen molar-refractivity contribution in [1.82, 2.24) is 10.7 Å². The van der Waals surface area contributed by atoms with Crippen LogP contribution in [0.3, 0.4) is 0 Å². The third-order valence-electron chi connectivity index (χ3n) is 3.79. The second kappa shape index (κ2) is 8.63. The predicted molar refractivity (Wildman–Crippen MR) is 101 cm³/mol. The van der Waals surface area contributed by atoms with Crippen molar-refractivity contribution in [1.29, 1.82) is 0 Å². The molecule has 0 fully saturated rings. The summed E-state index contributed by atoms with van der Waals surface area (Å²) in [6.07, 6.45) is 1.23. The monoisotopic (exact) mass is 437 g/mol. The van der Waals surface area contributed by atoms with Gasteiger partial charge in [0.2, 0.25) is 0 Å². The maximum Gasteiger partial charge on any atom is 0.259 e. The van der Waals surface area contributed by atoms with Crippen LogP contribution in [0.1, 0.15) is 27.0 Å². The van der Waals surface area contributed by atoms with E-state index in [1.807, 2.05) is 0 Å². The molecular weight excluding hydrogens is 421 g/mol. The quantitative estimate of drug-likeness (QED) is 0.425. The Bertz CT molecular complexity index is 902. The minimum atomic E-state index is -0.609. The summed E-state index contributed by atoms with van der Waals surface area (Å²) in [5.74, 6) is -2.00. The summed E-state index contributed by atoms with van der Waals surface area (Å²) in [5.41, 5.74) is 3.43. The lowest BCUT2D eigenvalue weighted by atomic mass is 10.0. The number of hydrogen-bond donors (Lipinski definition) is 4. The first kappa shape index (κ1) is 20.4.